The Morgan fingerprint density at radius 2 is 1.67 bits per heavy atom. The summed E-state index contributed by atoms with van der Waals surface area (Å²) in [5, 5.41) is 0. The molecule has 1 heterocycles. The molecule has 15 heavy (non-hydrogen) atoms. The molecule has 4 heteroatoms. The van der Waals surface area contributed by atoms with Crippen LogP contribution in [0.2, 0.25) is 0 Å². The largest absolute Gasteiger partial charge is 0.494 e. The van der Waals surface area contributed by atoms with Gasteiger partial charge in [0, 0.05) is 5.56 Å². The third-order valence-corrected chi connectivity index (χ3v) is 1.97. The maximum Gasteiger partial charge on any atom is 0.494 e. The van der Waals surface area contributed by atoms with Crippen molar-refractivity contribution in [2.75, 3.05) is 13.2 Å². The van der Waals surface area contributed by atoms with Crippen molar-refractivity contribution in [2.45, 2.75) is 13.8 Å². The zero-order valence-electron chi connectivity index (χ0n) is 9.10. The van der Waals surface area contributed by atoms with Crippen molar-refractivity contribution >= 4 is 18.9 Å². The lowest BCUT2D eigenvalue weighted by atomic mass is 9.79. The summed E-state index contributed by atoms with van der Waals surface area (Å²) >= 11 is 0. The highest BCUT2D eigenvalue weighted by molar-refractivity contribution is 6.61. The SMILES string of the molecule is CC.O=Cc1ccc(B2OCCO2)cc1. The number of aldehydes is 1. The van der Waals surface area contributed by atoms with E-state index in [0.29, 0.717) is 18.8 Å². The third kappa shape index (κ3) is 3.18. The lowest BCUT2D eigenvalue weighted by molar-refractivity contribution is 0.112. The van der Waals surface area contributed by atoms with Crippen LogP contribution in [0.4, 0.5) is 0 Å². The molecule has 1 aliphatic heterocycles. The average molecular weight is 206 g/mol. The Kier molecular flexibility index (Phi) is 5.08. The molecule has 0 atom stereocenters. The van der Waals surface area contributed by atoms with E-state index >= 15 is 0 Å². The van der Waals surface area contributed by atoms with Gasteiger partial charge in [-0.2, -0.15) is 0 Å². The second kappa shape index (κ2) is 6.38. The van der Waals surface area contributed by atoms with E-state index in [1.54, 1.807) is 12.1 Å². The Hall–Kier alpha value is -1.13. The van der Waals surface area contributed by atoms with Crippen molar-refractivity contribution in [1.82, 2.24) is 0 Å². The number of rotatable bonds is 2. The summed E-state index contributed by atoms with van der Waals surface area (Å²) in [5.74, 6) is 0. The molecule has 0 amide bonds. The highest BCUT2D eigenvalue weighted by atomic mass is 16.6. The van der Waals surface area contributed by atoms with Crippen LogP contribution in [0, 0.1) is 0 Å². The molecule has 1 saturated heterocycles. The second-order valence-electron chi connectivity index (χ2n) is 2.86. The van der Waals surface area contributed by atoms with E-state index in [0.717, 1.165) is 11.7 Å². The Labute approximate surface area is 90.5 Å². The number of benzene rings is 1. The van der Waals surface area contributed by atoms with Gasteiger partial charge in [-0.3, -0.25) is 4.79 Å². The molecule has 80 valence electrons. The van der Waals surface area contributed by atoms with Crippen LogP contribution in [0.15, 0.2) is 24.3 Å². The molecule has 0 aliphatic carbocycles. The predicted octanol–water partition coefficient (Wildman–Crippen LogP) is 1.27. The van der Waals surface area contributed by atoms with Gasteiger partial charge in [0.25, 0.3) is 0 Å². The molecule has 3 nitrogen and oxygen atoms in total. The lowest BCUT2D eigenvalue weighted by Gasteiger charge is -2.02. The van der Waals surface area contributed by atoms with Crippen LogP contribution in [0.5, 0.6) is 0 Å². The minimum absolute atomic E-state index is 0.249. The van der Waals surface area contributed by atoms with E-state index in [9.17, 15) is 4.79 Å². The second-order valence-corrected chi connectivity index (χ2v) is 2.86. The first-order valence-electron chi connectivity index (χ1n) is 5.18. The van der Waals surface area contributed by atoms with Crippen LogP contribution in [-0.2, 0) is 9.31 Å². The molecule has 1 aliphatic rings. The molecule has 0 bridgehead atoms. The summed E-state index contributed by atoms with van der Waals surface area (Å²) in [6.45, 7) is 5.28. The summed E-state index contributed by atoms with van der Waals surface area (Å²) in [4.78, 5) is 10.4. The van der Waals surface area contributed by atoms with Crippen LogP contribution in [0.1, 0.15) is 24.2 Å². The van der Waals surface area contributed by atoms with Crippen LogP contribution in [0.25, 0.3) is 0 Å². The maximum absolute atomic E-state index is 10.4. The van der Waals surface area contributed by atoms with Crippen molar-refractivity contribution in [3.8, 4) is 0 Å². The standard InChI is InChI=1S/C9H9BO3.C2H6/c11-7-8-1-3-9(4-2-8)10-12-5-6-13-10;1-2/h1-4,7H,5-6H2;1-2H3. The van der Waals surface area contributed by atoms with Gasteiger partial charge in [-0.25, -0.2) is 0 Å². The average Bonchev–Trinajstić information content (AvgIpc) is 2.85. The molecule has 0 unspecified atom stereocenters. The van der Waals surface area contributed by atoms with Gasteiger partial charge in [0.05, 0.1) is 13.2 Å². The van der Waals surface area contributed by atoms with Gasteiger partial charge in [0.15, 0.2) is 0 Å². The van der Waals surface area contributed by atoms with Gasteiger partial charge in [0.2, 0.25) is 0 Å². The maximum atomic E-state index is 10.4. The molecule has 0 spiro atoms. The first kappa shape index (κ1) is 11.9. The topological polar surface area (TPSA) is 35.5 Å². The predicted molar refractivity (Wildman–Crippen MR) is 60.5 cm³/mol. The molecular weight excluding hydrogens is 191 g/mol. The number of carbonyl (C=O) groups excluding carboxylic acids is 1. The number of hydrogen-bond acceptors (Lipinski definition) is 3. The first-order chi connectivity index (χ1) is 7.40. The zero-order chi connectivity index (χ0) is 11.1. The molecule has 0 radical (unpaired) electrons. The fourth-order valence-electron chi connectivity index (χ4n) is 1.28. The molecule has 2 rings (SSSR count). The van der Waals surface area contributed by atoms with E-state index in [1.807, 2.05) is 26.0 Å². The zero-order valence-corrected chi connectivity index (χ0v) is 9.10. The van der Waals surface area contributed by atoms with Crippen LogP contribution in [-0.4, -0.2) is 26.6 Å². The minimum Gasteiger partial charge on any atom is -0.405 e. The highest BCUT2D eigenvalue weighted by Gasteiger charge is 2.25. The number of carbonyl (C=O) groups is 1. The minimum atomic E-state index is -0.249. The van der Waals surface area contributed by atoms with E-state index < -0.39 is 0 Å². The summed E-state index contributed by atoms with van der Waals surface area (Å²) < 4.78 is 10.6. The van der Waals surface area contributed by atoms with Gasteiger partial charge >= 0.3 is 7.12 Å². The molecule has 1 aromatic rings. The van der Waals surface area contributed by atoms with Gasteiger partial charge in [-0.1, -0.05) is 38.1 Å². The molecule has 0 N–H and O–H groups in total. The monoisotopic (exact) mass is 206 g/mol. The fraction of sp³-hybridized carbons (Fsp3) is 0.364. The molecule has 0 saturated carbocycles. The number of hydrogen-bond donors (Lipinski definition) is 0. The van der Waals surface area contributed by atoms with Gasteiger partial charge in [0.1, 0.15) is 6.29 Å². The van der Waals surface area contributed by atoms with Crippen LogP contribution >= 0.6 is 0 Å². The molecule has 1 aromatic carbocycles. The highest BCUT2D eigenvalue weighted by Crippen LogP contribution is 2.01. The van der Waals surface area contributed by atoms with E-state index in [2.05, 4.69) is 0 Å². The summed E-state index contributed by atoms with van der Waals surface area (Å²) in [5.41, 5.74) is 1.63. The first-order valence-corrected chi connectivity index (χ1v) is 5.18. The Morgan fingerprint density at radius 3 is 2.13 bits per heavy atom. The Bertz CT molecular complexity index is 291. The third-order valence-electron chi connectivity index (χ3n) is 1.97. The molecule has 1 fully saturated rings. The van der Waals surface area contributed by atoms with E-state index in [1.165, 1.54) is 0 Å². The molecule has 0 aromatic heterocycles. The van der Waals surface area contributed by atoms with Gasteiger partial charge in [-0.15, -0.1) is 0 Å². The Morgan fingerprint density at radius 1 is 1.13 bits per heavy atom. The van der Waals surface area contributed by atoms with Gasteiger partial charge < -0.3 is 9.31 Å². The molecular formula is C11H15BO3. The van der Waals surface area contributed by atoms with E-state index in [-0.39, 0.29) is 7.12 Å². The lowest BCUT2D eigenvalue weighted by Crippen LogP contribution is -2.31. The van der Waals surface area contributed by atoms with Crippen LogP contribution in [0.3, 0.4) is 0 Å². The summed E-state index contributed by atoms with van der Waals surface area (Å²) in [7, 11) is -0.249. The van der Waals surface area contributed by atoms with E-state index in [4.69, 9.17) is 9.31 Å². The van der Waals surface area contributed by atoms with Crippen LogP contribution < -0.4 is 5.46 Å². The van der Waals surface area contributed by atoms with Crippen molar-refractivity contribution in [3.05, 3.63) is 29.8 Å². The van der Waals surface area contributed by atoms with Gasteiger partial charge in [-0.05, 0) is 5.46 Å². The Balaban J connectivity index is 0.000000531. The quantitative estimate of drug-likeness (QED) is 0.539. The van der Waals surface area contributed by atoms with Crippen molar-refractivity contribution in [3.63, 3.8) is 0 Å². The summed E-state index contributed by atoms with van der Waals surface area (Å²) in [6, 6.07) is 7.21. The summed E-state index contributed by atoms with van der Waals surface area (Å²) in [6.07, 6.45) is 0.820. The fourth-order valence-corrected chi connectivity index (χ4v) is 1.28. The normalized spacial score (nSPS) is 14.4. The van der Waals surface area contributed by atoms with Crippen molar-refractivity contribution < 1.29 is 14.1 Å². The van der Waals surface area contributed by atoms with Crippen molar-refractivity contribution in [1.29, 1.82) is 0 Å². The smallest absolute Gasteiger partial charge is 0.405 e. The van der Waals surface area contributed by atoms with Crippen molar-refractivity contribution in [2.24, 2.45) is 0 Å².